The number of piperidine rings is 1. The Morgan fingerprint density at radius 2 is 1.73 bits per heavy atom. The number of hydrogen-bond donors (Lipinski definition) is 1. The van der Waals surface area contributed by atoms with E-state index in [0.29, 0.717) is 6.10 Å². The lowest BCUT2D eigenvalue weighted by atomic mass is 10.1. The van der Waals surface area contributed by atoms with Crippen molar-refractivity contribution in [2.75, 3.05) is 46.3 Å². The normalized spacial score (nSPS) is 20.7. The first kappa shape index (κ1) is 19.0. The number of ether oxygens (including phenoxy) is 1. The van der Waals surface area contributed by atoms with E-state index in [0.717, 1.165) is 50.7 Å². The van der Waals surface area contributed by atoms with Crippen LogP contribution in [0.3, 0.4) is 0 Å². The van der Waals surface area contributed by atoms with Gasteiger partial charge in [-0.25, -0.2) is 0 Å². The van der Waals surface area contributed by atoms with Gasteiger partial charge in [-0.05, 0) is 38.1 Å². The van der Waals surface area contributed by atoms with Crippen molar-refractivity contribution in [2.45, 2.75) is 44.6 Å². The van der Waals surface area contributed by atoms with Gasteiger partial charge < -0.3 is 19.9 Å². The summed E-state index contributed by atoms with van der Waals surface area (Å²) in [5, 5.41) is 3.56. The second-order valence-corrected chi connectivity index (χ2v) is 7.35. The molecular formula is C21H34N4O. The number of nitrogens with zero attached hydrogens (tertiary/aromatic N) is 3. The van der Waals surface area contributed by atoms with Crippen LogP contribution in [-0.2, 0) is 0 Å². The van der Waals surface area contributed by atoms with Crippen LogP contribution in [0.5, 0.6) is 5.75 Å². The van der Waals surface area contributed by atoms with Gasteiger partial charge in [-0.2, -0.15) is 0 Å². The number of para-hydroxylation sites is 1. The van der Waals surface area contributed by atoms with E-state index < -0.39 is 0 Å². The maximum atomic E-state index is 6.10. The molecule has 0 unspecified atom stereocenters. The molecule has 2 aliphatic rings. The molecule has 1 N–H and O–H groups in total. The molecule has 0 amide bonds. The van der Waals surface area contributed by atoms with E-state index in [4.69, 9.17) is 4.74 Å². The molecular weight excluding hydrogens is 324 g/mol. The fraction of sp³-hybridized carbons (Fsp3) is 0.667. The van der Waals surface area contributed by atoms with Crippen molar-refractivity contribution >= 4 is 5.96 Å². The lowest BCUT2D eigenvalue weighted by Crippen LogP contribution is -2.49. The molecule has 5 nitrogen and oxygen atoms in total. The molecule has 0 aliphatic carbocycles. The minimum absolute atomic E-state index is 0.309. The van der Waals surface area contributed by atoms with Crippen molar-refractivity contribution in [2.24, 2.45) is 4.99 Å². The molecule has 3 rings (SSSR count). The monoisotopic (exact) mass is 358 g/mol. The Morgan fingerprint density at radius 1 is 1.04 bits per heavy atom. The fourth-order valence-electron chi connectivity index (χ4n) is 3.89. The van der Waals surface area contributed by atoms with Crippen LogP contribution in [0, 0.1) is 0 Å². The highest BCUT2D eigenvalue weighted by Crippen LogP contribution is 2.18. The smallest absolute Gasteiger partial charge is 0.193 e. The van der Waals surface area contributed by atoms with Crippen LogP contribution < -0.4 is 10.1 Å². The van der Waals surface area contributed by atoms with E-state index in [2.05, 4.69) is 20.1 Å². The number of nitrogens with one attached hydrogen (secondary N) is 1. The molecule has 0 radical (unpaired) electrons. The molecule has 0 bridgehead atoms. The minimum atomic E-state index is 0.309. The largest absolute Gasteiger partial charge is 0.490 e. The maximum absolute atomic E-state index is 6.10. The average molecular weight is 359 g/mol. The van der Waals surface area contributed by atoms with Crippen molar-refractivity contribution in [3.8, 4) is 5.75 Å². The third-order valence-corrected chi connectivity index (χ3v) is 5.41. The highest BCUT2D eigenvalue weighted by atomic mass is 16.5. The van der Waals surface area contributed by atoms with Gasteiger partial charge in [-0.3, -0.25) is 4.99 Å². The average Bonchev–Trinajstić information content (AvgIpc) is 2.96. The number of hydrogen-bond acceptors (Lipinski definition) is 3. The fourth-order valence-corrected chi connectivity index (χ4v) is 3.89. The van der Waals surface area contributed by atoms with E-state index in [-0.39, 0.29) is 0 Å². The predicted molar refractivity (Wildman–Crippen MR) is 108 cm³/mol. The number of rotatable bonds is 5. The summed E-state index contributed by atoms with van der Waals surface area (Å²) < 4.78 is 6.10. The summed E-state index contributed by atoms with van der Waals surface area (Å²) in [6, 6.07) is 10.2. The summed E-state index contributed by atoms with van der Waals surface area (Å²) in [4.78, 5) is 9.45. The second kappa shape index (κ2) is 10.4. The summed E-state index contributed by atoms with van der Waals surface area (Å²) in [7, 11) is 1.89. The summed E-state index contributed by atoms with van der Waals surface area (Å²) in [6.07, 6.45) is 7.89. The van der Waals surface area contributed by atoms with Crippen molar-refractivity contribution in [1.82, 2.24) is 15.1 Å². The lowest BCUT2D eigenvalue weighted by Gasteiger charge is -2.34. The number of benzene rings is 1. The molecule has 0 atom stereocenters. The maximum Gasteiger partial charge on any atom is 0.193 e. The molecule has 1 aromatic rings. The summed E-state index contributed by atoms with van der Waals surface area (Å²) in [6.45, 7) is 6.60. The van der Waals surface area contributed by atoms with Gasteiger partial charge in [0.05, 0.1) is 0 Å². The van der Waals surface area contributed by atoms with Gasteiger partial charge in [0.15, 0.2) is 5.96 Å². The van der Waals surface area contributed by atoms with Gasteiger partial charge in [-0.1, -0.05) is 31.0 Å². The minimum Gasteiger partial charge on any atom is -0.490 e. The number of guanidine groups is 1. The highest BCUT2D eigenvalue weighted by molar-refractivity contribution is 5.79. The second-order valence-electron chi connectivity index (χ2n) is 7.35. The van der Waals surface area contributed by atoms with Gasteiger partial charge in [-0.15, -0.1) is 0 Å². The zero-order valence-corrected chi connectivity index (χ0v) is 16.2. The first-order valence-electron chi connectivity index (χ1n) is 10.2. The Morgan fingerprint density at radius 3 is 2.38 bits per heavy atom. The van der Waals surface area contributed by atoms with Crippen LogP contribution in [0.2, 0.25) is 0 Å². The van der Waals surface area contributed by atoms with Crippen LogP contribution in [0.25, 0.3) is 0 Å². The lowest BCUT2D eigenvalue weighted by molar-refractivity contribution is 0.129. The predicted octanol–water partition coefficient (Wildman–Crippen LogP) is 2.98. The van der Waals surface area contributed by atoms with E-state index in [9.17, 15) is 0 Å². The molecule has 2 aliphatic heterocycles. The van der Waals surface area contributed by atoms with Crippen LogP contribution in [0.15, 0.2) is 35.3 Å². The summed E-state index contributed by atoms with van der Waals surface area (Å²) >= 11 is 0. The topological polar surface area (TPSA) is 40.1 Å². The van der Waals surface area contributed by atoms with Gasteiger partial charge in [0, 0.05) is 46.1 Å². The Hall–Kier alpha value is -1.75. The molecule has 26 heavy (non-hydrogen) atoms. The van der Waals surface area contributed by atoms with Crippen LogP contribution in [-0.4, -0.2) is 68.2 Å². The van der Waals surface area contributed by atoms with Crippen LogP contribution in [0.1, 0.15) is 38.5 Å². The standard InChI is InChI=1S/C21H34N4O/c1-22-21(23-13-18-24-14-7-2-3-8-15-24)25-16-11-20(12-17-25)26-19-9-5-4-6-10-19/h4-6,9-10,20H,2-3,7-8,11-18H2,1H3,(H,22,23). The molecule has 0 aromatic heterocycles. The molecule has 1 aromatic carbocycles. The molecule has 5 heteroatoms. The highest BCUT2D eigenvalue weighted by Gasteiger charge is 2.22. The van der Waals surface area contributed by atoms with Gasteiger partial charge in [0.25, 0.3) is 0 Å². The van der Waals surface area contributed by atoms with E-state index >= 15 is 0 Å². The van der Waals surface area contributed by atoms with Crippen LogP contribution in [0.4, 0.5) is 0 Å². The molecule has 2 heterocycles. The Kier molecular flexibility index (Phi) is 7.62. The summed E-state index contributed by atoms with van der Waals surface area (Å²) in [5.74, 6) is 2.02. The third-order valence-electron chi connectivity index (χ3n) is 5.41. The van der Waals surface area contributed by atoms with E-state index in [1.165, 1.54) is 38.8 Å². The zero-order chi connectivity index (χ0) is 18.0. The number of likely N-dealkylation sites (tertiary alicyclic amines) is 2. The molecule has 0 spiro atoms. The molecule has 0 saturated carbocycles. The molecule has 2 saturated heterocycles. The van der Waals surface area contributed by atoms with E-state index in [1.807, 2.05) is 37.4 Å². The van der Waals surface area contributed by atoms with Gasteiger partial charge in [0.1, 0.15) is 11.9 Å². The number of aliphatic imine (C=N–C) groups is 1. The van der Waals surface area contributed by atoms with Gasteiger partial charge in [0.2, 0.25) is 0 Å². The quantitative estimate of drug-likeness (QED) is 0.649. The van der Waals surface area contributed by atoms with Crippen molar-refractivity contribution < 1.29 is 4.74 Å². The SMILES string of the molecule is CN=C(NCCN1CCCCCC1)N1CCC(Oc2ccccc2)CC1. The van der Waals surface area contributed by atoms with Gasteiger partial charge >= 0.3 is 0 Å². The Bertz CT molecular complexity index is 532. The third kappa shape index (κ3) is 5.90. The zero-order valence-electron chi connectivity index (χ0n) is 16.2. The van der Waals surface area contributed by atoms with Crippen molar-refractivity contribution in [1.29, 1.82) is 0 Å². The first-order valence-corrected chi connectivity index (χ1v) is 10.2. The first-order chi connectivity index (χ1) is 12.8. The molecule has 144 valence electrons. The molecule has 2 fully saturated rings. The van der Waals surface area contributed by atoms with Crippen molar-refractivity contribution in [3.63, 3.8) is 0 Å². The Balaban J connectivity index is 1.38. The Labute approximate surface area is 158 Å². The van der Waals surface area contributed by atoms with Crippen molar-refractivity contribution in [3.05, 3.63) is 30.3 Å². The van der Waals surface area contributed by atoms with Crippen LogP contribution >= 0.6 is 0 Å². The van der Waals surface area contributed by atoms with E-state index in [1.54, 1.807) is 0 Å². The summed E-state index contributed by atoms with van der Waals surface area (Å²) in [5.41, 5.74) is 0.